The monoisotopic (exact) mass is 217 g/mol. The topological polar surface area (TPSA) is 103 Å². The first-order chi connectivity index (χ1) is 7.69. The van der Waals surface area contributed by atoms with Crippen molar-refractivity contribution in [3.05, 3.63) is 23.8 Å². The number of nitriles is 1. The van der Waals surface area contributed by atoms with E-state index in [1.54, 1.807) is 19.1 Å². The molecule has 0 radical (unpaired) electrons. The molecule has 1 rings (SSSR count). The van der Waals surface area contributed by atoms with Crippen molar-refractivity contribution in [1.29, 1.82) is 5.26 Å². The van der Waals surface area contributed by atoms with E-state index in [4.69, 9.17) is 10.4 Å². The van der Waals surface area contributed by atoms with Crippen molar-refractivity contribution < 1.29 is 14.7 Å². The van der Waals surface area contributed by atoms with Gasteiger partial charge in [0.2, 0.25) is 12.2 Å². The Hall–Kier alpha value is -2.73. The fourth-order valence-electron chi connectivity index (χ4n) is 0.890. The zero-order chi connectivity index (χ0) is 12.4. The van der Waals surface area contributed by atoms with E-state index >= 15 is 0 Å². The summed E-state index contributed by atoms with van der Waals surface area (Å²) < 4.78 is 0. The Morgan fingerprint density at radius 1 is 1.25 bits per heavy atom. The van der Waals surface area contributed by atoms with Crippen LogP contribution >= 0.6 is 0 Å². The molecule has 0 aliphatic heterocycles. The molecule has 0 saturated heterocycles. The second kappa shape index (κ2) is 7.65. The number of nitrogens with zero attached hydrogens (tertiary/aromatic N) is 3. The predicted molar refractivity (Wildman–Crippen MR) is 54.3 cm³/mol. The molecule has 0 bridgehead atoms. The fraction of sp³-hybridized carbons (Fsp3) is 0.100. The van der Waals surface area contributed by atoms with Crippen LogP contribution in [0.15, 0.2) is 28.2 Å². The largest absolute Gasteiger partial charge is 0.443 e. The Morgan fingerprint density at radius 2 is 1.81 bits per heavy atom. The summed E-state index contributed by atoms with van der Waals surface area (Å²) in [6.45, 7) is 1.80. The number of aliphatic imine (C=N–C) groups is 2. The third-order valence-corrected chi connectivity index (χ3v) is 1.53. The smallest absolute Gasteiger partial charge is 0.283 e. The van der Waals surface area contributed by atoms with Gasteiger partial charge in [-0.15, -0.1) is 0 Å². The number of aliphatic hydroxyl groups excluding tert-OH is 1. The SMILES string of the molecule is Cc1ccc(N=C=O)cc1N=C=O.N#CO. The lowest BCUT2D eigenvalue weighted by atomic mass is 10.2. The molecule has 6 heteroatoms. The van der Waals surface area contributed by atoms with Gasteiger partial charge in [-0.25, -0.2) is 9.59 Å². The van der Waals surface area contributed by atoms with Gasteiger partial charge in [0.15, 0.2) is 0 Å². The number of isocyanates is 2. The van der Waals surface area contributed by atoms with Crippen LogP contribution in [0.2, 0.25) is 0 Å². The first-order valence-electron chi connectivity index (χ1n) is 3.99. The molecule has 1 N–H and O–H groups in total. The molecule has 0 fully saturated rings. The molecule has 0 heterocycles. The number of aryl methyl sites for hydroxylation is 1. The molecule has 0 atom stereocenters. The summed E-state index contributed by atoms with van der Waals surface area (Å²) in [6.07, 6.45) is 3.59. The Kier molecular flexibility index (Phi) is 6.35. The van der Waals surface area contributed by atoms with Crippen LogP contribution in [0, 0.1) is 18.4 Å². The Balaban J connectivity index is 0.000000673. The molecule has 16 heavy (non-hydrogen) atoms. The van der Waals surface area contributed by atoms with Crippen molar-refractivity contribution in [3.63, 3.8) is 0 Å². The van der Waals surface area contributed by atoms with E-state index in [0.717, 1.165) is 11.8 Å². The third kappa shape index (κ3) is 4.49. The number of benzene rings is 1. The first kappa shape index (κ1) is 13.3. The molecule has 80 valence electrons. The maximum atomic E-state index is 10.00. The van der Waals surface area contributed by atoms with Crippen LogP contribution in [0.1, 0.15) is 5.56 Å². The number of aliphatic hydroxyl groups is 1. The molecule has 1 aromatic rings. The van der Waals surface area contributed by atoms with Crippen LogP contribution in [0.3, 0.4) is 0 Å². The van der Waals surface area contributed by atoms with Gasteiger partial charge >= 0.3 is 0 Å². The number of hydrogen-bond acceptors (Lipinski definition) is 6. The van der Waals surface area contributed by atoms with Crippen molar-refractivity contribution in [1.82, 2.24) is 0 Å². The lowest BCUT2D eigenvalue weighted by molar-refractivity contribution is 0.503. The van der Waals surface area contributed by atoms with Crippen LogP contribution in [0.5, 0.6) is 0 Å². The quantitative estimate of drug-likeness (QED) is 0.463. The van der Waals surface area contributed by atoms with Gasteiger partial charge in [-0.3, -0.25) is 0 Å². The minimum absolute atomic E-state index is 0.426. The van der Waals surface area contributed by atoms with Crippen LogP contribution in [-0.2, 0) is 9.59 Å². The molecular weight excluding hydrogens is 210 g/mol. The highest BCUT2D eigenvalue weighted by molar-refractivity contribution is 5.61. The number of hydrogen-bond donors (Lipinski definition) is 1. The lowest BCUT2D eigenvalue weighted by Crippen LogP contribution is -1.73. The summed E-state index contributed by atoms with van der Waals surface area (Å²) in [4.78, 5) is 26.8. The highest BCUT2D eigenvalue weighted by Gasteiger charge is 1.97. The van der Waals surface area contributed by atoms with E-state index in [1.165, 1.54) is 18.2 Å². The number of carbonyl (C=O) groups excluding carboxylic acids is 2. The molecule has 0 spiro atoms. The maximum Gasteiger partial charge on any atom is 0.283 e. The normalized spacial score (nSPS) is 7.25. The van der Waals surface area contributed by atoms with E-state index in [9.17, 15) is 9.59 Å². The van der Waals surface area contributed by atoms with Gasteiger partial charge < -0.3 is 5.11 Å². The average molecular weight is 217 g/mol. The summed E-state index contributed by atoms with van der Waals surface area (Å²) in [5.41, 5.74) is 1.72. The highest BCUT2D eigenvalue weighted by atomic mass is 16.2. The van der Waals surface area contributed by atoms with Crippen molar-refractivity contribution in [2.24, 2.45) is 9.98 Å². The molecule has 6 nitrogen and oxygen atoms in total. The fourth-order valence-corrected chi connectivity index (χ4v) is 0.890. The standard InChI is InChI=1S/C9H6N2O2.CHNO/c1-7-2-3-8(10-5-12)4-9(7)11-6-13;2-1-3/h2-4H,1H3;3H. The van der Waals surface area contributed by atoms with Crippen LogP contribution in [0.4, 0.5) is 11.4 Å². The first-order valence-corrected chi connectivity index (χ1v) is 3.99. The Morgan fingerprint density at radius 3 is 2.31 bits per heavy atom. The Bertz CT molecular complexity index is 493. The van der Waals surface area contributed by atoms with E-state index < -0.39 is 0 Å². The zero-order valence-corrected chi connectivity index (χ0v) is 8.34. The minimum atomic E-state index is 0.426. The molecule has 0 aliphatic carbocycles. The van der Waals surface area contributed by atoms with Gasteiger partial charge in [0.1, 0.15) is 0 Å². The molecule has 0 unspecified atom stereocenters. The Labute approximate surface area is 91.2 Å². The zero-order valence-electron chi connectivity index (χ0n) is 8.34. The van der Waals surface area contributed by atoms with Gasteiger partial charge in [-0.2, -0.15) is 15.2 Å². The molecule has 0 amide bonds. The van der Waals surface area contributed by atoms with Crippen molar-refractivity contribution in [2.75, 3.05) is 0 Å². The van der Waals surface area contributed by atoms with Gasteiger partial charge in [0.05, 0.1) is 11.4 Å². The van der Waals surface area contributed by atoms with Crippen molar-refractivity contribution >= 4 is 23.5 Å². The van der Waals surface area contributed by atoms with E-state index in [1.807, 2.05) is 0 Å². The van der Waals surface area contributed by atoms with Crippen LogP contribution in [0.25, 0.3) is 0 Å². The van der Waals surface area contributed by atoms with Crippen molar-refractivity contribution in [2.45, 2.75) is 6.92 Å². The predicted octanol–water partition coefficient (Wildman–Crippen LogP) is 1.77. The van der Waals surface area contributed by atoms with Gasteiger partial charge in [-0.1, -0.05) is 6.07 Å². The summed E-state index contributed by atoms with van der Waals surface area (Å²) in [7, 11) is 0. The highest BCUT2D eigenvalue weighted by Crippen LogP contribution is 2.23. The molecule has 0 aliphatic rings. The second-order valence-electron chi connectivity index (χ2n) is 2.48. The molecular formula is C10H7N3O3. The molecule has 0 saturated carbocycles. The van der Waals surface area contributed by atoms with E-state index in [0.29, 0.717) is 11.4 Å². The van der Waals surface area contributed by atoms with Gasteiger partial charge in [0.25, 0.3) is 6.26 Å². The van der Waals surface area contributed by atoms with Crippen molar-refractivity contribution in [3.8, 4) is 6.26 Å². The molecule has 0 aromatic heterocycles. The van der Waals surface area contributed by atoms with E-state index in [-0.39, 0.29) is 0 Å². The summed E-state index contributed by atoms with van der Waals surface area (Å²) in [6, 6.07) is 4.88. The van der Waals surface area contributed by atoms with Gasteiger partial charge in [-0.05, 0) is 24.6 Å². The van der Waals surface area contributed by atoms with Gasteiger partial charge in [0, 0.05) is 0 Å². The van der Waals surface area contributed by atoms with Crippen LogP contribution < -0.4 is 0 Å². The summed E-state index contributed by atoms with van der Waals surface area (Å²) >= 11 is 0. The maximum absolute atomic E-state index is 10.00. The summed E-state index contributed by atoms with van der Waals surface area (Å²) in [5, 5.41) is 13.8. The minimum Gasteiger partial charge on any atom is -0.443 e. The van der Waals surface area contributed by atoms with E-state index in [2.05, 4.69) is 9.98 Å². The molecule has 1 aromatic carbocycles. The summed E-state index contributed by atoms with van der Waals surface area (Å²) in [5.74, 6) is 0. The van der Waals surface area contributed by atoms with Crippen LogP contribution in [-0.4, -0.2) is 17.3 Å². The second-order valence-corrected chi connectivity index (χ2v) is 2.48. The average Bonchev–Trinajstić information content (AvgIpc) is 2.25. The lowest BCUT2D eigenvalue weighted by Gasteiger charge is -1.97. The number of rotatable bonds is 2. The third-order valence-electron chi connectivity index (χ3n) is 1.53.